The number of anilines is 1. The van der Waals surface area contributed by atoms with Gasteiger partial charge in [0.15, 0.2) is 11.6 Å². The summed E-state index contributed by atoms with van der Waals surface area (Å²) in [7, 11) is 0. The van der Waals surface area contributed by atoms with Crippen LogP contribution in [0, 0.1) is 6.92 Å². The summed E-state index contributed by atoms with van der Waals surface area (Å²) < 4.78 is 5.25. The number of nitrogen functional groups attached to an aromatic ring is 1. The summed E-state index contributed by atoms with van der Waals surface area (Å²) in [6.07, 6.45) is 2.43. The van der Waals surface area contributed by atoms with Crippen LogP contribution < -0.4 is 11.3 Å². The maximum Gasteiger partial charge on any atom is 0.197 e. The fraction of sp³-hybridized carbons (Fsp3) is 0.273. The SMILES string of the molecule is CCc1c(C)nc(-c2ccco2)nc1NN. The van der Waals surface area contributed by atoms with E-state index in [-0.39, 0.29) is 0 Å². The molecule has 84 valence electrons. The van der Waals surface area contributed by atoms with Gasteiger partial charge < -0.3 is 9.84 Å². The Labute approximate surface area is 93.7 Å². The molecule has 2 heterocycles. The van der Waals surface area contributed by atoms with Crippen LogP contribution in [0.1, 0.15) is 18.2 Å². The third-order valence-electron chi connectivity index (χ3n) is 2.45. The molecule has 0 bridgehead atoms. The number of nitrogens with zero attached hydrogens (tertiary/aromatic N) is 2. The Bertz CT molecular complexity index is 479. The maximum absolute atomic E-state index is 5.45. The molecule has 0 aliphatic rings. The molecule has 3 N–H and O–H groups in total. The minimum atomic E-state index is 0.549. The van der Waals surface area contributed by atoms with Crippen LogP contribution in [0.25, 0.3) is 11.6 Å². The summed E-state index contributed by atoms with van der Waals surface area (Å²) in [5.74, 6) is 7.29. The van der Waals surface area contributed by atoms with Crippen molar-refractivity contribution in [2.75, 3.05) is 5.43 Å². The molecule has 2 aromatic rings. The van der Waals surface area contributed by atoms with Crippen LogP contribution in [0.15, 0.2) is 22.8 Å². The molecule has 0 saturated carbocycles. The maximum atomic E-state index is 5.45. The van der Waals surface area contributed by atoms with E-state index in [0.717, 1.165) is 17.7 Å². The largest absolute Gasteiger partial charge is 0.461 e. The van der Waals surface area contributed by atoms with Crippen LogP contribution in [0.2, 0.25) is 0 Å². The van der Waals surface area contributed by atoms with Crippen molar-refractivity contribution in [1.29, 1.82) is 0 Å². The highest BCUT2D eigenvalue weighted by atomic mass is 16.3. The Balaban J connectivity index is 2.54. The van der Waals surface area contributed by atoms with E-state index in [1.165, 1.54) is 0 Å². The number of rotatable bonds is 3. The zero-order chi connectivity index (χ0) is 11.5. The normalized spacial score (nSPS) is 10.4. The van der Waals surface area contributed by atoms with Gasteiger partial charge in [-0.2, -0.15) is 0 Å². The van der Waals surface area contributed by atoms with Gasteiger partial charge in [0.2, 0.25) is 0 Å². The van der Waals surface area contributed by atoms with Crippen LogP contribution in [-0.2, 0) is 6.42 Å². The number of aromatic nitrogens is 2. The second-order valence-electron chi connectivity index (χ2n) is 3.43. The third kappa shape index (κ3) is 1.77. The van der Waals surface area contributed by atoms with Gasteiger partial charge >= 0.3 is 0 Å². The van der Waals surface area contributed by atoms with Gasteiger partial charge in [0.05, 0.1) is 6.26 Å². The van der Waals surface area contributed by atoms with Gasteiger partial charge in [0.25, 0.3) is 0 Å². The fourth-order valence-corrected chi connectivity index (χ4v) is 1.65. The van der Waals surface area contributed by atoms with E-state index in [2.05, 4.69) is 15.4 Å². The van der Waals surface area contributed by atoms with Gasteiger partial charge in [-0.1, -0.05) is 6.92 Å². The average Bonchev–Trinajstić information content (AvgIpc) is 2.81. The number of furan rings is 1. The first-order valence-corrected chi connectivity index (χ1v) is 5.14. The van der Waals surface area contributed by atoms with Crippen molar-refractivity contribution in [3.63, 3.8) is 0 Å². The number of nitrogens with one attached hydrogen (secondary N) is 1. The molecule has 0 fully saturated rings. The molecule has 0 radical (unpaired) electrons. The van der Waals surface area contributed by atoms with E-state index in [1.807, 2.05) is 19.9 Å². The second-order valence-corrected chi connectivity index (χ2v) is 3.43. The molecule has 0 aliphatic carbocycles. The van der Waals surface area contributed by atoms with Crippen LogP contribution in [0.5, 0.6) is 0 Å². The summed E-state index contributed by atoms with van der Waals surface area (Å²) >= 11 is 0. The van der Waals surface area contributed by atoms with Gasteiger partial charge in [-0.05, 0) is 25.5 Å². The highest BCUT2D eigenvalue weighted by Crippen LogP contribution is 2.22. The Morgan fingerprint density at radius 1 is 1.44 bits per heavy atom. The molecule has 0 spiro atoms. The van der Waals surface area contributed by atoms with Crippen molar-refractivity contribution in [1.82, 2.24) is 9.97 Å². The van der Waals surface area contributed by atoms with Gasteiger partial charge in [-0.15, -0.1) is 0 Å². The van der Waals surface area contributed by atoms with Crippen molar-refractivity contribution >= 4 is 5.82 Å². The quantitative estimate of drug-likeness (QED) is 0.607. The molecule has 16 heavy (non-hydrogen) atoms. The van der Waals surface area contributed by atoms with Crippen molar-refractivity contribution in [2.45, 2.75) is 20.3 Å². The molecule has 0 amide bonds. The lowest BCUT2D eigenvalue weighted by atomic mass is 10.1. The summed E-state index contributed by atoms with van der Waals surface area (Å²) in [6.45, 7) is 3.98. The number of hydrogen-bond acceptors (Lipinski definition) is 5. The predicted octanol–water partition coefficient (Wildman–Crippen LogP) is 1.89. The molecular weight excluding hydrogens is 204 g/mol. The zero-order valence-electron chi connectivity index (χ0n) is 9.32. The predicted molar refractivity (Wildman–Crippen MR) is 61.7 cm³/mol. The lowest BCUT2D eigenvalue weighted by Crippen LogP contribution is -2.13. The molecular formula is C11H14N4O. The number of aryl methyl sites for hydroxylation is 1. The lowest BCUT2D eigenvalue weighted by Gasteiger charge is -2.09. The Morgan fingerprint density at radius 3 is 2.81 bits per heavy atom. The number of hydrazine groups is 1. The molecule has 2 rings (SSSR count). The van der Waals surface area contributed by atoms with Gasteiger partial charge in [0, 0.05) is 11.3 Å². The van der Waals surface area contributed by atoms with E-state index in [4.69, 9.17) is 10.3 Å². The smallest absolute Gasteiger partial charge is 0.197 e. The van der Waals surface area contributed by atoms with Crippen LogP contribution >= 0.6 is 0 Å². The highest BCUT2D eigenvalue weighted by molar-refractivity contribution is 5.54. The van der Waals surface area contributed by atoms with Crippen LogP contribution in [-0.4, -0.2) is 9.97 Å². The number of nitrogens with two attached hydrogens (primary N) is 1. The van der Waals surface area contributed by atoms with Crippen LogP contribution in [0.3, 0.4) is 0 Å². The molecule has 5 heteroatoms. The second kappa shape index (κ2) is 4.32. The molecule has 0 atom stereocenters. The van der Waals surface area contributed by atoms with Gasteiger partial charge in [0.1, 0.15) is 5.82 Å². The van der Waals surface area contributed by atoms with Gasteiger partial charge in [-0.3, -0.25) is 0 Å². The molecule has 2 aromatic heterocycles. The standard InChI is InChI=1S/C11H14N4O/c1-3-8-7(2)13-11(14-10(8)15-12)9-5-4-6-16-9/h4-6H,3,12H2,1-2H3,(H,13,14,15). The van der Waals surface area contributed by atoms with E-state index in [9.17, 15) is 0 Å². The first kappa shape index (κ1) is 10.6. The summed E-state index contributed by atoms with van der Waals surface area (Å²) in [4.78, 5) is 8.72. The molecule has 0 unspecified atom stereocenters. The first-order valence-electron chi connectivity index (χ1n) is 5.14. The number of hydrogen-bond donors (Lipinski definition) is 2. The molecule has 0 saturated heterocycles. The summed E-state index contributed by atoms with van der Waals surface area (Å²) in [5.41, 5.74) is 4.54. The average molecular weight is 218 g/mol. The lowest BCUT2D eigenvalue weighted by molar-refractivity contribution is 0.577. The fourth-order valence-electron chi connectivity index (χ4n) is 1.65. The van der Waals surface area contributed by atoms with Crippen molar-refractivity contribution in [3.05, 3.63) is 29.7 Å². The van der Waals surface area contributed by atoms with E-state index < -0.39 is 0 Å². The molecule has 5 nitrogen and oxygen atoms in total. The van der Waals surface area contributed by atoms with Crippen LogP contribution in [0.4, 0.5) is 5.82 Å². The van der Waals surface area contributed by atoms with E-state index >= 15 is 0 Å². The monoisotopic (exact) mass is 218 g/mol. The molecule has 0 aliphatic heterocycles. The zero-order valence-corrected chi connectivity index (χ0v) is 9.32. The van der Waals surface area contributed by atoms with Crippen molar-refractivity contribution in [2.24, 2.45) is 5.84 Å². The Kier molecular flexibility index (Phi) is 2.87. The van der Waals surface area contributed by atoms with E-state index in [1.54, 1.807) is 12.3 Å². The van der Waals surface area contributed by atoms with Crippen molar-refractivity contribution < 1.29 is 4.42 Å². The molecule has 0 aromatic carbocycles. The van der Waals surface area contributed by atoms with E-state index in [0.29, 0.717) is 17.4 Å². The van der Waals surface area contributed by atoms with Crippen molar-refractivity contribution in [3.8, 4) is 11.6 Å². The third-order valence-corrected chi connectivity index (χ3v) is 2.45. The topological polar surface area (TPSA) is 77.0 Å². The Hall–Kier alpha value is -1.88. The minimum Gasteiger partial charge on any atom is -0.461 e. The van der Waals surface area contributed by atoms with Gasteiger partial charge in [-0.25, -0.2) is 15.8 Å². The minimum absolute atomic E-state index is 0.549. The highest BCUT2D eigenvalue weighted by Gasteiger charge is 2.11. The summed E-state index contributed by atoms with van der Waals surface area (Å²) in [6, 6.07) is 3.62. The first-order chi connectivity index (χ1) is 7.76. The Morgan fingerprint density at radius 2 is 2.25 bits per heavy atom. The summed E-state index contributed by atoms with van der Waals surface area (Å²) in [5, 5.41) is 0.